The van der Waals surface area contributed by atoms with Crippen LogP contribution in [-0.4, -0.2) is 72.6 Å². The minimum absolute atomic E-state index is 0. The summed E-state index contributed by atoms with van der Waals surface area (Å²) in [5, 5.41) is 32.1. The molecule has 0 aromatic carbocycles. The highest BCUT2D eigenvalue weighted by Crippen LogP contribution is 2.60. The number of β-amino-alcohol motifs (C(OH)–C–C–N with tert-alkyl or cyclic N) is 1. The molecule has 6 nitrogen and oxygen atoms in total. The van der Waals surface area contributed by atoms with Gasteiger partial charge < -0.3 is 30.1 Å². The van der Waals surface area contributed by atoms with Gasteiger partial charge in [-0.05, 0) is 81.0 Å². The third-order valence-corrected chi connectivity index (χ3v) is 7.69. The Hall–Kier alpha value is 0.0500. The molecule has 4 aliphatic carbocycles. The average Bonchev–Trinajstić information content (AvgIpc) is 2.65. The molecule has 0 aromatic rings. The molecule has 4 bridgehead atoms. The van der Waals surface area contributed by atoms with Crippen molar-refractivity contribution in [2.24, 2.45) is 23.2 Å². The van der Waals surface area contributed by atoms with Crippen molar-refractivity contribution in [3.8, 4) is 0 Å². The molecule has 0 radical (unpaired) electrons. The van der Waals surface area contributed by atoms with E-state index in [0.717, 1.165) is 50.2 Å². The lowest BCUT2D eigenvalue weighted by Gasteiger charge is -2.56. The quantitative estimate of drug-likeness (QED) is 0.393. The monoisotopic (exact) mass is 433 g/mol. The molecule has 4 N–H and O–H groups in total. The lowest BCUT2D eigenvalue weighted by molar-refractivity contribution is -0.105. The molecule has 5 aliphatic rings. The molecule has 7 heteroatoms. The van der Waals surface area contributed by atoms with Crippen LogP contribution in [0.15, 0.2) is 0 Å². The Bertz CT molecular complexity index is 472. The Morgan fingerprint density at radius 1 is 0.793 bits per heavy atom. The van der Waals surface area contributed by atoms with Crippen LogP contribution in [0, 0.1) is 23.2 Å². The lowest BCUT2D eigenvalue weighted by atomic mass is 9.50. The molecule has 1 saturated heterocycles. The molecule has 0 unspecified atom stereocenters. The average molecular weight is 434 g/mol. The minimum Gasteiger partial charge on any atom is -0.389 e. The number of aliphatic hydroxyl groups excluding tert-OH is 3. The molecule has 0 aromatic heterocycles. The first kappa shape index (κ1) is 23.7. The van der Waals surface area contributed by atoms with Gasteiger partial charge in [0.15, 0.2) is 0 Å². The molecule has 170 valence electrons. The van der Waals surface area contributed by atoms with Crippen molar-refractivity contribution >= 4 is 12.4 Å². The number of rotatable bonds is 10. The van der Waals surface area contributed by atoms with Gasteiger partial charge in [0.05, 0.1) is 31.5 Å². The number of hydrogen-bond acceptors (Lipinski definition) is 6. The lowest BCUT2D eigenvalue weighted by Crippen LogP contribution is -2.61. The molecule has 1 heterocycles. The smallest absolute Gasteiger partial charge is 0.109 e. The van der Waals surface area contributed by atoms with Crippen LogP contribution in [0.4, 0.5) is 0 Å². The highest BCUT2D eigenvalue weighted by molar-refractivity contribution is 5.85. The van der Waals surface area contributed by atoms with Crippen LogP contribution in [-0.2, 0) is 9.47 Å². The molecule has 0 spiro atoms. The van der Waals surface area contributed by atoms with Crippen LogP contribution in [0.3, 0.4) is 0 Å². The maximum atomic E-state index is 9.93. The van der Waals surface area contributed by atoms with E-state index in [-0.39, 0.29) is 25.0 Å². The molecule has 4 saturated carbocycles. The summed E-state index contributed by atoms with van der Waals surface area (Å²) in [5.41, 5.74) is 0.518. The Kier molecular flexibility index (Phi) is 8.65. The molecule has 5 rings (SSSR count). The predicted molar refractivity (Wildman–Crippen MR) is 113 cm³/mol. The molecule has 0 amide bonds. The van der Waals surface area contributed by atoms with Crippen LogP contribution in [0.25, 0.3) is 0 Å². The van der Waals surface area contributed by atoms with Crippen molar-refractivity contribution in [2.75, 3.05) is 33.0 Å². The molecular formula is C22H40ClNO5. The molecule has 4 atom stereocenters. The third kappa shape index (κ3) is 5.85. The summed E-state index contributed by atoms with van der Waals surface area (Å²) in [6, 6.07) is -0.318. The van der Waals surface area contributed by atoms with Gasteiger partial charge >= 0.3 is 0 Å². The summed E-state index contributed by atoms with van der Waals surface area (Å²) < 4.78 is 11.8. The van der Waals surface area contributed by atoms with Crippen LogP contribution < -0.4 is 5.32 Å². The maximum absolute atomic E-state index is 9.93. The first-order valence-electron chi connectivity index (χ1n) is 11.5. The number of aliphatic hydroxyl groups is 3. The summed E-state index contributed by atoms with van der Waals surface area (Å²) in [4.78, 5) is 0. The van der Waals surface area contributed by atoms with Gasteiger partial charge in [-0.2, -0.15) is 0 Å². The summed E-state index contributed by atoms with van der Waals surface area (Å²) in [6.45, 7) is 3.13. The summed E-state index contributed by atoms with van der Waals surface area (Å²) in [6.07, 6.45) is 8.87. The first-order chi connectivity index (χ1) is 13.5. The van der Waals surface area contributed by atoms with Crippen molar-refractivity contribution in [3.05, 3.63) is 0 Å². The van der Waals surface area contributed by atoms with Gasteiger partial charge in [-0.25, -0.2) is 0 Å². The van der Waals surface area contributed by atoms with E-state index in [9.17, 15) is 15.3 Å². The Balaban J connectivity index is 0.00000240. The second kappa shape index (κ2) is 10.6. The van der Waals surface area contributed by atoms with E-state index in [4.69, 9.17) is 9.47 Å². The van der Waals surface area contributed by atoms with Gasteiger partial charge in [0.25, 0.3) is 0 Å². The third-order valence-electron chi connectivity index (χ3n) is 7.69. The normalized spacial score (nSPS) is 43.3. The standard InChI is InChI=1S/C22H39NO5.ClH/c24-19-12-23-18(20(25)21(19)26)13-27-4-2-1-3-5-28-14-22-9-15-6-16(10-22)8-17(7-15)11-22;/h15-21,23-26H,1-14H2;1H/t15?,16?,17?,18-,19+,20-,21-,22?;/m1./s1. The fourth-order valence-electron chi connectivity index (χ4n) is 6.69. The van der Waals surface area contributed by atoms with Crippen LogP contribution in [0.2, 0.25) is 0 Å². The van der Waals surface area contributed by atoms with Crippen LogP contribution in [0.1, 0.15) is 57.8 Å². The fraction of sp³-hybridized carbons (Fsp3) is 1.00. The predicted octanol–water partition coefficient (Wildman–Crippen LogP) is 1.88. The first-order valence-corrected chi connectivity index (χ1v) is 11.5. The van der Waals surface area contributed by atoms with Crippen molar-refractivity contribution in [2.45, 2.75) is 82.1 Å². The number of unbranched alkanes of at least 4 members (excludes halogenated alkanes) is 2. The molecule has 29 heavy (non-hydrogen) atoms. The second-order valence-corrected chi connectivity index (χ2v) is 10.2. The van der Waals surface area contributed by atoms with E-state index >= 15 is 0 Å². The fourth-order valence-corrected chi connectivity index (χ4v) is 6.69. The largest absolute Gasteiger partial charge is 0.389 e. The van der Waals surface area contributed by atoms with E-state index in [2.05, 4.69) is 5.32 Å². The van der Waals surface area contributed by atoms with Gasteiger partial charge in [0, 0.05) is 19.8 Å². The van der Waals surface area contributed by atoms with Crippen molar-refractivity contribution in [3.63, 3.8) is 0 Å². The van der Waals surface area contributed by atoms with E-state index in [0.29, 0.717) is 18.6 Å². The minimum atomic E-state index is -1.10. The summed E-state index contributed by atoms with van der Waals surface area (Å²) >= 11 is 0. The SMILES string of the molecule is Cl.O[C@H]1[C@H](O)[C@@H](COCCCCCOCC23CC4CC(CC(C4)C2)C3)NC[C@@H]1O. The van der Waals surface area contributed by atoms with Gasteiger partial charge in [-0.15, -0.1) is 12.4 Å². The summed E-state index contributed by atoms with van der Waals surface area (Å²) in [5.74, 6) is 2.98. The number of nitrogens with one attached hydrogen (secondary N) is 1. The number of hydrogen-bond donors (Lipinski definition) is 4. The van der Waals surface area contributed by atoms with Gasteiger partial charge in [0.1, 0.15) is 6.10 Å². The van der Waals surface area contributed by atoms with Gasteiger partial charge in [0.2, 0.25) is 0 Å². The van der Waals surface area contributed by atoms with Crippen LogP contribution >= 0.6 is 12.4 Å². The highest BCUT2D eigenvalue weighted by atomic mass is 35.5. The van der Waals surface area contributed by atoms with E-state index in [1.807, 2.05) is 0 Å². The van der Waals surface area contributed by atoms with Crippen LogP contribution in [0.5, 0.6) is 0 Å². The topological polar surface area (TPSA) is 91.2 Å². The van der Waals surface area contributed by atoms with Gasteiger partial charge in [-0.3, -0.25) is 0 Å². The van der Waals surface area contributed by atoms with Crippen molar-refractivity contribution in [1.82, 2.24) is 5.32 Å². The highest BCUT2D eigenvalue weighted by Gasteiger charge is 2.50. The zero-order valence-electron chi connectivity index (χ0n) is 17.5. The Morgan fingerprint density at radius 2 is 1.38 bits per heavy atom. The van der Waals surface area contributed by atoms with Crippen molar-refractivity contribution in [1.29, 1.82) is 0 Å². The van der Waals surface area contributed by atoms with E-state index in [1.165, 1.54) is 38.5 Å². The zero-order chi connectivity index (χ0) is 19.6. The number of piperidine rings is 1. The molecule has 5 fully saturated rings. The van der Waals surface area contributed by atoms with Crippen molar-refractivity contribution < 1.29 is 24.8 Å². The Labute approximate surface area is 181 Å². The molecule has 1 aliphatic heterocycles. The number of halogens is 1. The maximum Gasteiger partial charge on any atom is 0.109 e. The molecular weight excluding hydrogens is 394 g/mol. The van der Waals surface area contributed by atoms with E-state index in [1.54, 1.807) is 0 Å². The second-order valence-electron chi connectivity index (χ2n) is 10.2. The van der Waals surface area contributed by atoms with E-state index < -0.39 is 18.3 Å². The Morgan fingerprint density at radius 3 is 2.00 bits per heavy atom. The van der Waals surface area contributed by atoms with Gasteiger partial charge in [-0.1, -0.05) is 0 Å². The number of ether oxygens (including phenoxy) is 2. The zero-order valence-corrected chi connectivity index (χ0v) is 18.3. The summed E-state index contributed by atoms with van der Waals surface area (Å²) in [7, 11) is 0.